The summed E-state index contributed by atoms with van der Waals surface area (Å²) in [5, 5.41) is 0. The van der Waals surface area contributed by atoms with Gasteiger partial charge in [0.15, 0.2) is 0 Å². The molecule has 0 spiro atoms. The summed E-state index contributed by atoms with van der Waals surface area (Å²) < 4.78 is 1.46. The van der Waals surface area contributed by atoms with E-state index in [-0.39, 0.29) is 24.8 Å². The minimum absolute atomic E-state index is 0. The molecule has 0 heterocycles. The molecular formula is C24H26Cl2Zr. The Morgan fingerprint density at radius 2 is 1.11 bits per heavy atom. The zero-order chi connectivity index (χ0) is 17.6. The third-order valence-corrected chi connectivity index (χ3v) is 11.2. The zero-order valence-corrected chi connectivity index (χ0v) is 20.4. The van der Waals surface area contributed by atoms with Gasteiger partial charge < -0.3 is 24.8 Å². The van der Waals surface area contributed by atoms with Crippen LogP contribution in [0, 0.1) is 0 Å². The molecule has 3 heteroatoms. The van der Waals surface area contributed by atoms with Crippen molar-refractivity contribution in [1.82, 2.24) is 0 Å². The summed E-state index contributed by atoms with van der Waals surface area (Å²) in [5.74, 6) is 0. The molecule has 2 aromatic carbocycles. The van der Waals surface area contributed by atoms with E-state index in [0.29, 0.717) is 0 Å². The predicted octanol–water partition coefficient (Wildman–Crippen LogP) is 0.518. The van der Waals surface area contributed by atoms with Gasteiger partial charge in [-0.1, -0.05) is 0 Å². The van der Waals surface area contributed by atoms with E-state index in [1.165, 1.54) is 22.3 Å². The number of aryl methyl sites for hydroxylation is 2. The Morgan fingerprint density at radius 1 is 0.704 bits per heavy atom. The number of halogens is 2. The van der Waals surface area contributed by atoms with Gasteiger partial charge >= 0.3 is 164 Å². The van der Waals surface area contributed by atoms with Crippen LogP contribution in [-0.4, -0.2) is 0 Å². The first kappa shape index (κ1) is 22.7. The van der Waals surface area contributed by atoms with E-state index in [0.717, 1.165) is 20.1 Å². The van der Waals surface area contributed by atoms with Crippen LogP contribution in [0.25, 0.3) is 12.2 Å². The van der Waals surface area contributed by atoms with Crippen LogP contribution in [0.15, 0.2) is 47.5 Å². The Hall–Kier alpha value is -0.617. The molecule has 2 aliphatic carbocycles. The van der Waals surface area contributed by atoms with Crippen molar-refractivity contribution in [2.45, 2.75) is 47.8 Å². The summed E-state index contributed by atoms with van der Waals surface area (Å²) in [6.07, 6.45) is 7.24. The molecule has 140 valence electrons. The first-order valence-electron chi connectivity index (χ1n) is 9.50. The molecule has 0 N–H and O–H groups in total. The fourth-order valence-corrected chi connectivity index (χ4v) is 9.10. The molecule has 27 heavy (non-hydrogen) atoms. The summed E-state index contributed by atoms with van der Waals surface area (Å²) in [5.41, 5.74) is 12.6. The SMILES string of the molecule is CCc1cccc2c1C=C(C)[CH]2[Zr+2][CH]1C(C)=Cc2c(CC)cccc21.[Cl-].[Cl-]. The van der Waals surface area contributed by atoms with E-state index in [9.17, 15) is 0 Å². The molecule has 4 rings (SSSR count). The van der Waals surface area contributed by atoms with Crippen LogP contribution < -0.4 is 24.8 Å². The zero-order valence-electron chi connectivity index (χ0n) is 16.4. The van der Waals surface area contributed by atoms with Crippen molar-refractivity contribution in [2.24, 2.45) is 0 Å². The van der Waals surface area contributed by atoms with Crippen LogP contribution >= 0.6 is 0 Å². The third kappa shape index (κ3) is 3.94. The van der Waals surface area contributed by atoms with Crippen molar-refractivity contribution in [2.75, 3.05) is 0 Å². The fourth-order valence-electron chi connectivity index (χ4n) is 4.46. The van der Waals surface area contributed by atoms with Crippen molar-refractivity contribution in [3.63, 3.8) is 0 Å². The van der Waals surface area contributed by atoms with Gasteiger partial charge in [-0.05, 0) is 0 Å². The maximum atomic E-state index is 2.48. The number of allylic oxidation sites excluding steroid dienone is 2. The number of benzene rings is 2. The van der Waals surface area contributed by atoms with Gasteiger partial charge in [0.1, 0.15) is 0 Å². The number of hydrogen-bond acceptors (Lipinski definition) is 0. The number of hydrogen-bond donors (Lipinski definition) is 0. The summed E-state index contributed by atoms with van der Waals surface area (Å²) >= 11 is -0.675. The van der Waals surface area contributed by atoms with Gasteiger partial charge in [0.2, 0.25) is 0 Å². The van der Waals surface area contributed by atoms with Gasteiger partial charge in [0.05, 0.1) is 0 Å². The molecular weight excluding hydrogens is 450 g/mol. The average molecular weight is 477 g/mol. The van der Waals surface area contributed by atoms with Gasteiger partial charge in [-0.3, -0.25) is 0 Å². The normalized spacial score (nSPS) is 19.1. The van der Waals surface area contributed by atoms with Crippen LogP contribution in [-0.2, 0) is 36.1 Å². The summed E-state index contributed by atoms with van der Waals surface area (Å²) in [6.45, 7) is 9.28. The predicted molar refractivity (Wildman–Crippen MR) is 104 cm³/mol. The van der Waals surface area contributed by atoms with E-state index in [1.54, 1.807) is 22.3 Å². The summed E-state index contributed by atoms with van der Waals surface area (Å²) in [7, 11) is 0. The smallest absolute Gasteiger partial charge is 1.00 e. The third-order valence-electron chi connectivity index (χ3n) is 5.83. The quantitative estimate of drug-likeness (QED) is 0.604. The Kier molecular flexibility index (Phi) is 7.77. The largest absolute Gasteiger partial charge is 1.00 e. The molecule has 0 aliphatic heterocycles. The molecule has 0 radical (unpaired) electrons. The maximum absolute atomic E-state index is 2.48. The summed E-state index contributed by atoms with van der Waals surface area (Å²) in [6, 6.07) is 13.9. The van der Waals surface area contributed by atoms with Gasteiger partial charge in [0.25, 0.3) is 0 Å². The van der Waals surface area contributed by atoms with E-state index in [2.05, 4.69) is 76.2 Å². The van der Waals surface area contributed by atoms with Crippen molar-refractivity contribution < 1.29 is 48.0 Å². The molecule has 0 aromatic heterocycles. The first-order chi connectivity index (χ1) is 12.1. The van der Waals surface area contributed by atoms with Crippen LogP contribution in [0.1, 0.15) is 68.3 Å². The van der Waals surface area contributed by atoms with Crippen molar-refractivity contribution in [3.8, 4) is 0 Å². The Bertz CT molecular complexity index is 822. The van der Waals surface area contributed by atoms with E-state index in [1.807, 2.05) is 0 Å². The molecule has 2 aromatic rings. The molecule has 0 saturated heterocycles. The molecule has 0 bridgehead atoms. The van der Waals surface area contributed by atoms with Gasteiger partial charge in [-0.15, -0.1) is 0 Å². The van der Waals surface area contributed by atoms with E-state index < -0.39 is 23.2 Å². The molecule has 2 unspecified atom stereocenters. The second kappa shape index (κ2) is 9.25. The fraction of sp³-hybridized carbons (Fsp3) is 0.333. The monoisotopic (exact) mass is 474 g/mol. The maximum Gasteiger partial charge on any atom is -1.00 e. The molecule has 0 nitrogen and oxygen atoms in total. The van der Waals surface area contributed by atoms with Crippen LogP contribution in [0.4, 0.5) is 0 Å². The van der Waals surface area contributed by atoms with E-state index >= 15 is 0 Å². The minimum atomic E-state index is -0.675. The van der Waals surface area contributed by atoms with Crippen LogP contribution in [0.2, 0.25) is 0 Å². The molecule has 0 saturated carbocycles. The van der Waals surface area contributed by atoms with Crippen LogP contribution in [0.5, 0.6) is 0 Å². The van der Waals surface area contributed by atoms with Gasteiger partial charge in [0, 0.05) is 0 Å². The molecule has 2 atom stereocenters. The average Bonchev–Trinajstić information content (AvgIpc) is 3.12. The topological polar surface area (TPSA) is 0 Å². The van der Waals surface area contributed by atoms with Gasteiger partial charge in [-0.2, -0.15) is 0 Å². The molecule has 0 amide bonds. The first-order valence-corrected chi connectivity index (χ1v) is 12.3. The van der Waals surface area contributed by atoms with Crippen LogP contribution in [0.3, 0.4) is 0 Å². The van der Waals surface area contributed by atoms with Crippen molar-refractivity contribution in [1.29, 1.82) is 0 Å². The standard InChI is InChI=1S/2C12H13.2ClH.Zr/c2*1-3-10-5-4-6-11-7-9(2)8-12(10)11;;;/h2*4-8H,3H2,1-2H3;2*1H;/q;;;;+2/p-2. The summed E-state index contributed by atoms with van der Waals surface area (Å²) in [4.78, 5) is 0. The Labute approximate surface area is 187 Å². The second-order valence-corrected chi connectivity index (χ2v) is 11.0. The number of fused-ring (bicyclic) bond motifs is 2. The number of rotatable bonds is 4. The Balaban J connectivity index is 0.00000131. The second-order valence-electron chi connectivity index (χ2n) is 7.36. The Morgan fingerprint density at radius 3 is 1.48 bits per heavy atom. The van der Waals surface area contributed by atoms with Crippen molar-refractivity contribution in [3.05, 3.63) is 80.9 Å². The van der Waals surface area contributed by atoms with Gasteiger partial charge in [-0.25, -0.2) is 0 Å². The van der Waals surface area contributed by atoms with Crippen molar-refractivity contribution >= 4 is 12.2 Å². The van der Waals surface area contributed by atoms with E-state index in [4.69, 9.17) is 0 Å². The molecule has 2 aliphatic rings. The molecule has 0 fully saturated rings. The minimum Gasteiger partial charge on any atom is -1.00 e.